The maximum Gasteiger partial charge on any atom is 0.333 e. The third kappa shape index (κ3) is 5.96. The van der Waals surface area contributed by atoms with Crippen molar-refractivity contribution in [3.63, 3.8) is 0 Å². The van der Waals surface area contributed by atoms with Gasteiger partial charge in [0.2, 0.25) is 11.8 Å². The van der Waals surface area contributed by atoms with Crippen molar-refractivity contribution < 1.29 is 19.5 Å². The Hall–Kier alpha value is -3.59. The molecule has 1 atom stereocenters. The number of phenols is 1. The van der Waals surface area contributed by atoms with E-state index in [1.165, 1.54) is 9.91 Å². The summed E-state index contributed by atoms with van der Waals surface area (Å²) in [5.41, 5.74) is 1.80. The van der Waals surface area contributed by atoms with E-state index in [2.05, 4.69) is 5.32 Å². The Morgan fingerprint density at radius 1 is 1.06 bits per heavy atom. The van der Waals surface area contributed by atoms with Gasteiger partial charge in [-0.2, -0.15) is 0 Å². The highest BCUT2D eigenvalue weighted by atomic mass is 16.3. The number of amides is 4. The third-order valence-electron chi connectivity index (χ3n) is 7.15. The molecule has 9 heteroatoms. The van der Waals surface area contributed by atoms with Crippen LogP contribution in [0.25, 0.3) is 0 Å². The number of hydrogen-bond donors (Lipinski definition) is 2. The fraction of sp³-hybridized carbons (Fsp3) is 0.444. The Labute approximate surface area is 212 Å². The SMILES string of the molecule is CN(C(=O)C(Cc1ccc(O)cc1)N1CN(C(=O)NCc2ccccc2)N(C)CC1=O)C1CCCC1. The lowest BCUT2D eigenvalue weighted by Crippen LogP contribution is -2.66. The minimum Gasteiger partial charge on any atom is -0.508 e. The van der Waals surface area contributed by atoms with Crippen molar-refractivity contribution >= 4 is 17.8 Å². The van der Waals surface area contributed by atoms with E-state index in [0.717, 1.165) is 36.8 Å². The summed E-state index contributed by atoms with van der Waals surface area (Å²) in [6.45, 7) is 0.326. The molecule has 1 aliphatic carbocycles. The lowest BCUT2D eigenvalue weighted by atomic mass is 10.0. The highest BCUT2D eigenvalue weighted by Gasteiger charge is 2.40. The van der Waals surface area contributed by atoms with Crippen LogP contribution in [0.4, 0.5) is 4.79 Å². The molecule has 2 aliphatic rings. The molecular weight excluding hydrogens is 458 g/mol. The largest absolute Gasteiger partial charge is 0.508 e. The van der Waals surface area contributed by atoms with Crippen LogP contribution in [0.15, 0.2) is 54.6 Å². The van der Waals surface area contributed by atoms with E-state index in [0.29, 0.717) is 13.0 Å². The van der Waals surface area contributed by atoms with Gasteiger partial charge in [-0.25, -0.2) is 14.8 Å². The Bertz CT molecular complexity index is 1060. The molecular formula is C27H35N5O4. The number of phenolic OH excluding ortho intramolecular Hbond substituents is 1. The van der Waals surface area contributed by atoms with E-state index in [4.69, 9.17) is 0 Å². The number of rotatable bonds is 7. The predicted molar refractivity (Wildman–Crippen MR) is 135 cm³/mol. The van der Waals surface area contributed by atoms with Gasteiger partial charge < -0.3 is 20.2 Å². The molecule has 36 heavy (non-hydrogen) atoms. The first-order valence-electron chi connectivity index (χ1n) is 12.5. The molecule has 0 radical (unpaired) electrons. The van der Waals surface area contributed by atoms with Crippen molar-refractivity contribution in [3.05, 3.63) is 65.7 Å². The number of carbonyl (C=O) groups excluding carboxylic acids is 3. The normalized spacial score (nSPS) is 17.8. The number of hydrazine groups is 1. The van der Waals surface area contributed by atoms with Crippen LogP contribution in [0.5, 0.6) is 5.75 Å². The number of aromatic hydroxyl groups is 1. The van der Waals surface area contributed by atoms with Gasteiger partial charge in [-0.3, -0.25) is 9.59 Å². The zero-order valence-electron chi connectivity index (χ0n) is 21.0. The second-order valence-electron chi connectivity index (χ2n) is 9.64. The van der Waals surface area contributed by atoms with Gasteiger partial charge in [0.1, 0.15) is 18.5 Å². The van der Waals surface area contributed by atoms with Gasteiger partial charge in [0, 0.05) is 33.1 Å². The van der Waals surface area contributed by atoms with Gasteiger partial charge in [-0.15, -0.1) is 0 Å². The summed E-state index contributed by atoms with van der Waals surface area (Å²) in [6, 6.07) is 15.3. The summed E-state index contributed by atoms with van der Waals surface area (Å²) in [7, 11) is 3.51. The second kappa shape index (κ2) is 11.4. The molecule has 2 aromatic carbocycles. The van der Waals surface area contributed by atoms with Crippen LogP contribution in [0.3, 0.4) is 0 Å². The van der Waals surface area contributed by atoms with E-state index in [-0.39, 0.29) is 42.9 Å². The molecule has 0 spiro atoms. The highest BCUT2D eigenvalue weighted by Crippen LogP contribution is 2.25. The number of hydrogen-bond acceptors (Lipinski definition) is 5. The second-order valence-corrected chi connectivity index (χ2v) is 9.64. The van der Waals surface area contributed by atoms with Crippen molar-refractivity contribution in [2.45, 2.75) is 50.7 Å². The summed E-state index contributed by atoms with van der Waals surface area (Å²) >= 11 is 0. The lowest BCUT2D eigenvalue weighted by Gasteiger charge is -2.44. The van der Waals surface area contributed by atoms with Crippen molar-refractivity contribution in [2.75, 3.05) is 27.3 Å². The molecule has 0 aromatic heterocycles. The summed E-state index contributed by atoms with van der Waals surface area (Å²) in [4.78, 5) is 43.3. The van der Waals surface area contributed by atoms with E-state index in [1.54, 1.807) is 41.2 Å². The Kier molecular flexibility index (Phi) is 8.10. The van der Waals surface area contributed by atoms with Crippen LogP contribution in [0.2, 0.25) is 0 Å². The van der Waals surface area contributed by atoms with E-state index in [1.807, 2.05) is 37.4 Å². The van der Waals surface area contributed by atoms with E-state index in [9.17, 15) is 19.5 Å². The topological polar surface area (TPSA) is 96.4 Å². The quantitative estimate of drug-likeness (QED) is 0.618. The van der Waals surface area contributed by atoms with Crippen LogP contribution in [-0.2, 0) is 22.6 Å². The summed E-state index contributed by atoms with van der Waals surface area (Å²) in [5.74, 6) is -0.194. The van der Waals surface area contributed by atoms with Crippen molar-refractivity contribution in [2.24, 2.45) is 0 Å². The molecule has 0 bridgehead atoms. The monoisotopic (exact) mass is 493 g/mol. The molecule has 1 aliphatic heterocycles. The minimum absolute atomic E-state index is 0.00867. The molecule has 4 rings (SSSR count). The molecule has 2 N–H and O–H groups in total. The van der Waals surface area contributed by atoms with Gasteiger partial charge in [-0.1, -0.05) is 55.3 Å². The highest BCUT2D eigenvalue weighted by molar-refractivity contribution is 5.90. The summed E-state index contributed by atoms with van der Waals surface area (Å²) in [5, 5.41) is 15.6. The first-order valence-corrected chi connectivity index (χ1v) is 12.5. The molecule has 4 amide bonds. The molecule has 1 saturated carbocycles. The zero-order chi connectivity index (χ0) is 25.7. The number of carbonyl (C=O) groups is 3. The summed E-state index contributed by atoms with van der Waals surface area (Å²) < 4.78 is 0. The number of nitrogens with one attached hydrogen (secondary N) is 1. The average molecular weight is 494 g/mol. The van der Waals surface area contributed by atoms with E-state index < -0.39 is 6.04 Å². The molecule has 2 fully saturated rings. The van der Waals surface area contributed by atoms with Crippen LogP contribution in [-0.4, -0.2) is 82.2 Å². The first-order chi connectivity index (χ1) is 17.3. The van der Waals surface area contributed by atoms with Crippen LogP contribution >= 0.6 is 0 Å². The average Bonchev–Trinajstić information content (AvgIpc) is 3.42. The molecule has 2 aromatic rings. The summed E-state index contributed by atoms with van der Waals surface area (Å²) in [6.07, 6.45) is 4.39. The van der Waals surface area contributed by atoms with Crippen molar-refractivity contribution in [1.82, 2.24) is 25.1 Å². The number of urea groups is 1. The van der Waals surface area contributed by atoms with Crippen LogP contribution < -0.4 is 5.32 Å². The maximum absolute atomic E-state index is 13.8. The van der Waals surface area contributed by atoms with Crippen LogP contribution in [0, 0.1) is 0 Å². The fourth-order valence-electron chi connectivity index (χ4n) is 4.95. The van der Waals surface area contributed by atoms with Crippen molar-refractivity contribution in [1.29, 1.82) is 0 Å². The van der Waals surface area contributed by atoms with Gasteiger partial charge in [0.05, 0.1) is 6.54 Å². The Balaban J connectivity index is 1.53. The molecule has 1 unspecified atom stereocenters. The predicted octanol–water partition coefficient (Wildman–Crippen LogP) is 2.56. The van der Waals surface area contributed by atoms with Gasteiger partial charge >= 0.3 is 6.03 Å². The minimum atomic E-state index is -0.759. The molecule has 9 nitrogen and oxygen atoms in total. The van der Waals surface area contributed by atoms with Gasteiger partial charge in [0.25, 0.3) is 0 Å². The Morgan fingerprint density at radius 3 is 2.39 bits per heavy atom. The smallest absolute Gasteiger partial charge is 0.333 e. The third-order valence-corrected chi connectivity index (χ3v) is 7.15. The molecule has 1 saturated heterocycles. The number of benzene rings is 2. The van der Waals surface area contributed by atoms with Crippen molar-refractivity contribution in [3.8, 4) is 5.75 Å². The van der Waals surface area contributed by atoms with Crippen LogP contribution in [0.1, 0.15) is 36.8 Å². The van der Waals surface area contributed by atoms with Gasteiger partial charge in [-0.05, 0) is 36.1 Å². The lowest BCUT2D eigenvalue weighted by molar-refractivity contribution is -0.161. The number of nitrogens with zero attached hydrogens (tertiary/aromatic N) is 4. The number of likely N-dealkylation sites (N-methyl/N-ethyl adjacent to an activating group) is 2. The zero-order valence-corrected chi connectivity index (χ0v) is 21.0. The molecule has 1 heterocycles. The van der Waals surface area contributed by atoms with Gasteiger partial charge in [0.15, 0.2) is 0 Å². The van der Waals surface area contributed by atoms with E-state index >= 15 is 0 Å². The fourth-order valence-corrected chi connectivity index (χ4v) is 4.95. The first kappa shape index (κ1) is 25.5. The molecule has 192 valence electrons. The standard InChI is InChI=1S/C27H35N5O4/c1-29-18-25(34)31(19-32(29)27(36)28-17-21-8-4-3-5-9-21)24(16-20-12-14-23(33)15-13-20)26(35)30(2)22-10-6-7-11-22/h3-5,8-9,12-15,22,24,33H,6-7,10-11,16-19H2,1-2H3,(H,28,36). The maximum atomic E-state index is 13.8. The Morgan fingerprint density at radius 2 is 1.72 bits per heavy atom.